The molecule has 1 aromatic rings. The zero-order chi connectivity index (χ0) is 20.3. The molecule has 2 aliphatic carbocycles. The lowest BCUT2D eigenvalue weighted by atomic mass is 9.49. The normalized spacial score (nSPS) is 46.5. The number of methoxy groups -OCH3 is 1. The molecule has 5 rings (SSSR count). The molecule has 1 spiro atoms. The minimum Gasteiger partial charge on any atom is -0.493 e. The second-order valence-electron chi connectivity index (χ2n) is 7.05. The summed E-state index contributed by atoms with van der Waals surface area (Å²) < 4.78 is 51.1. The van der Waals surface area contributed by atoms with Crippen LogP contribution in [0.4, 0.5) is 0 Å². The Kier molecular flexibility index (Phi) is 1.71. The van der Waals surface area contributed by atoms with E-state index >= 15 is 0 Å². The van der Waals surface area contributed by atoms with Crippen LogP contribution in [0.5, 0.6) is 11.5 Å². The summed E-state index contributed by atoms with van der Waals surface area (Å²) in [5.74, 6) is -0.123. The molecule has 4 aliphatic rings. The van der Waals surface area contributed by atoms with Crippen molar-refractivity contribution in [3.8, 4) is 11.5 Å². The molecule has 4 atom stereocenters. The van der Waals surface area contributed by atoms with Crippen molar-refractivity contribution in [3.05, 3.63) is 23.3 Å². The summed E-state index contributed by atoms with van der Waals surface area (Å²) in [4.78, 5) is 14.6. The first-order valence-corrected chi connectivity index (χ1v) is 7.92. The maximum Gasteiger partial charge on any atom is 0.174 e. The highest BCUT2D eigenvalue weighted by atomic mass is 16.5. The van der Waals surface area contributed by atoms with Crippen molar-refractivity contribution in [2.75, 3.05) is 20.6 Å². The summed E-state index contributed by atoms with van der Waals surface area (Å²) in [5.41, 5.74) is -1.86. The molecule has 1 N–H and O–H groups in total. The molecule has 5 heteroatoms. The van der Waals surface area contributed by atoms with Gasteiger partial charge in [-0.25, -0.2) is 0 Å². The highest BCUT2D eigenvalue weighted by molar-refractivity contribution is 5.90. The zero-order valence-corrected chi connectivity index (χ0v) is 12.8. The Morgan fingerprint density at radius 1 is 1.52 bits per heavy atom. The van der Waals surface area contributed by atoms with Crippen molar-refractivity contribution >= 4 is 5.78 Å². The van der Waals surface area contributed by atoms with Gasteiger partial charge in [0.2, 0.25) is 0 Å². The van der Waals surface area contributed by atoms with Gasteiger partial charge in [-0.15, -0.1) is 0 Å². The second kappa shape index (κ2) is 4.08. The average molecular weight is 320 g/mol. The third kappa shape index (κ3) is 1.32. The van der Waals surface area contributed by atoms with Gasteiger partial charge >= 0.3 is 0 Å². The highest BCUT2D eigenvalue weighted by Crippen LogP contribution is 2.64. The number of rotatable bonds is 1. The average Bonchev–Trinajstić information content (AvgIpc) is 2.92. The molecule has 5 nitrogen and oxygen atoms in total. The van der Waals surface area contributed by atoms with Crippen LogP contribution in [0, 0.1) is 0 Å². The van der Waals surface area contributed by atoms with Crippen LogP contribution >= 0.6 is 0 Å². The van der Waals surface area contributed by atoms with Gasteiger partial charge in [-0.1, -0.05) is 6.07 Å². The maximum atomic E-state index is 12.8. The Labute approximate surface area is 142 Å². The summed E-state index contributed by atoms with van der Waals surface area (Å²) in [6, 6.07) is 2.07. The van der Waals surface area contributed by atoms with E-state index < -0.39 is 36.6 Å². The largest absolute Gasteiger partial charge is 0.493 e. The summed E-state index contributed by atoms with van der Waals surface area (Å²) >= 11 is 0. The fourth-order valence-corrected chi connectivity index (χ4v) is 5.20. The molecule has 1 saturated carbocycles. The molecule has 2 aliphatic heterocycles. The topological polar surface area (TPSA) is 59.0 Å². The first-order chi connectivity index (χ1) is 12.9. The standard InChI is InChI=1S/C18H21NO4/c1-19-8-7-17-14-10-3-4-12(22-2)15(14)23-16(17)11(20)5-6-18(17,21)13(19)9-10/h3-4,13,16,21H,5-9H2,1-2H3/t13-,16?,17+,18-/m1/s1/i2D3,9D2. The van der Waals surface area contributed by atoms with E-state index in [4.69, 9.17) is 16.3 Å². The molecule has 0 amide bonds. The Balaban J connectivity index is 1.85. The maximum absolute atomic E-state index is 12.8. The van der Waals surface area contributed by atoms with Crippen molar-refractivity contribution in [3.63, 3.8) is 0 Å². The van der Waals surface area contributed by atoms with Gasteiger partial charge in [-0.2, -0.15) is 0 Å². The molecule has 1 unspecified atom stereocenters. The Bertz CT molecular complexity index is 903. The van der Waals surface area contributed by atoms with Gasteiger partial charge in [0.15, 0.2) is 23.4 Å². The van der Waals surface area contributed by atoms with Crippen LogP contribution < -0.4 is 9.47 Å². The SMILES string of the molecule is [2H]C([2H])([2H])Oc1ccc2c3c1OC1C(=O)CC[C@@]4(O)[C@H](N(C)CC[C@]314)C2([2H])[2H]. The zero-order valence-electron chi connectivity index (χ0n) is 17.8. The van der Waals surface area contributed by atoms with E-state index in [0.717, 1.165) is 0 Å². The van der Waals surface area contributed by atoms with E-state index in [1.165, 1.54) is 12.1 Å². The Morgan fingerprint density at radius 2 is 2.39 bits per heavy atom. The van der Waals surface area contributed by atoms with Gasteiger partial charge in [0.1, 0.15) is 0 Å². The number of likely N-dealkylation sites (tertiary alicyclic amines) is 1. The number of aliphatic hydroxyl groups is 1. The van der Waals surface area contributed by atoms with Crippen LogP contribution in [0.15, 0.2) is 12.1 Å². The number of carbonyl (C=O) groups excluding carboxylic acids is 1. The number of ketones is 1. The number of Topliss-reactive ketones (excluding diaryl/α,β-unsaturated/α-hetero) is 1. The third-order valence-electron chi connectivity index (χ3n) is 6.22. The predicted octanol–water partition coefficient (Wildman–Crippen LogP) is 1.05. The Hall–Kier alpha value is -1.59. The number of hydrogen-bond acceptors (Lipinski definition) is 5. The minimum absolute atomic E-state index is 0.0501. The van der Waals surface area contributed by atoms with Crippen molar-refractivity contribution in [2.45, 2.75) is 48.8 Å². The Morgan fingerprint density at radius 3 is 3.22 bits per heavy atom. The van der Waals surface area contributed by atoms with Gasteiger partial charge in [0.25, 0.3) is 0 Å². The smallest absolute Gasteiger partial charge is 0.174 e. The van der Waals surface area contributed by atoms with E-state index in [-0.39, 0.29) is 30.1 Å². The minimum atomic E-state index is -2.72. The van der Waals surface area contributed by atoms with Gasteiger partial charge in [-0.05, 0) is 44.4 Å². The number of carbonyl (C=O) groups is 1. The van der Waals surface area contributed by atoms with Crippen LogP contribution in [0.3, 0.4) is 0 Å². The van der Waals surface area contributed by atoms with E-state index in [1.54, 1.807) is 7.05 Å². The lowest BCUT2D eigenvalue weighted by molar-refractivity contribution is -0.185. The molecule has 1 saturated heterocycles. The molecule has 2 fully saturated rings. The fourth-order valence-electron chi connectivity index (χ4n) is 5.20. The van der Waals surface area contributed by atoms with Gasteiger partial charge in [-0.3, -0.25) is 4.79 Å². The van der Waals surface area contributed by atoms with E-state index in [1.807, 2.05) is 4.90 Å². The second-order valence-corrected chi connectivity index (χ2v) is 7.05. The van der Waals surface area contributed by atoms with E-state index in [9.17, 15) is 9.90 Å². The number of nitrogens with zero attached hydrogens (tertiary/aromatic N) is 1. The van der Waals surface area contributed by atoms with Gasteiger partial charge in [0, 0.05) is 20.8 Å². The lowest BCUT2D eigenvalue weighted by Crippen LogP contribution is -2.76. The first-order valence-electron chi connectivity index (χ1n) is 10.4. The molecule has 0 radical (unpaired) electrons. The third-order valence-corrected chi connectivity index (χ3v) is 6.22. The van der Waals surface area contributed by atoms with Gasteiger partial charge in [0.05, 0.1) is 22.2 Å². The van der Waals surface area contributed by atoms with Crippen molar-refractivity contribution in [1.82, 2.24) is 4.90 Å². The number of benzene rings is 1. The predicted molar refractivity (Wildman–Crippen MR) is 83.0 cm³/mol. The summed E-state index contributed by atoms with van der Waals surface area (Å²) in [7, 11) is -0.935. The number of ether oxygens (including phenoxy) is 2. The molecule has 0 aromatic heterocycles. The van der Waals surface area contributed by atoms with Crippen LogP contribution in [0.2, 0.25) is 0 Å². The first kappa shape index (κ1) is 9.64. The molecular formula is C18H21NO4. The number of hydrogen-bond donors (Lipinski definition) is 1. The molecule has 1 aromatic carbocycles. The van der Waals surface area contributed by atoms with Crippen LogP contribution in [-0.2, 0) is 16.6 Å². The van der Waals surface area contributed by atoms with E-state index in [2.05, 4.69) is 0 Å². The lowest BCUT2D eigenvalue weighted by Gasteiger charge is -2.62. The molecule has 2 heterocycles. The van der Waals surface area contributed by atoms with Gasteiger partial charge < -0.3 is 19.5 Å². The summed E-state index contributed by atoms with van der Waals surface area (Å²) in [6.45, 7) is 0.489. The summed E-state index contributed by atoms with van der Waals surface area (Å²) in [6.07, 6.45) is -2.23. The van der Waals surface area contributed by atoms with Crippen LogP contribution in [0.25, 0.3) is 0 Å². The van der Waals surface area contributed by atoms with Crippen molar-refractivity contribution < 1.29 is 26.2 Å². The molecule has 23 heavy (non-hydrogen) atoms. The summed E-state index contributed by atoms with van der Waals surface area (Å²) in [5, 5.41) is 11.9. The highest BCUT2D eigenvalue weighted by Gasteiger charge is 2.72. The van der Waals surface area contributed by atoms with Crippen LogP contribution in [0.1, 0.15) is 37.2 Å². The number of piperidine rings is 1. The fraction of sp³-hybridized carbons (Fsp3) is 0.611. The monoisotopic (exact) mass is 320 g/mol. The molecule has 122 valence electrons. The van der Waals surface area contributed by atoms with Crippen LogP contribution in [-0.4, -0.2) is 54.2 Å². The van der Waals surface area contributed by atoms with E-state index in [0.29, 0.717) is 24.1 Å². The molecule has 2 bridgehead atoms. The molecular weight excluding hydrogens is 294 g/mol. The number of likely N-dealkylation sites (N-methyl/N-ethyl adjacent to an activating group) is 1. The van der Waals surface area contributed by atoms with Crippen molar-refractivity contribution in [2.24, 2.45) is 0 Å². The quantitative estimate of drug-likeness (QED) is 0.838. The van der Waals surface area contributed by atoms with Crippen molar-refractivity contribution in [1.29, 1.82) is 0 Å².